The highest BCUT2D eigenvalue weighted by atomic mass is 19.4. The number of carbonyl (C=O) groups is 2. The fraction of sp³-hybridized carbons (Fsp3) is 0.882. The molecular formula is C17H23F3N2O2. The molecule has 5 aliphatic rings. The normalized spacial score (nSPS) is 41.1. The number of nitrogens with one attached hydrogen (secondary N) is 1. The molecule has 0 aromatic heterocycles. The number of hydrogen-bond donors (Lipinski definition) is 1. The molecule has 7 heteroatoms. The first kappa shape index (κ1) is 16.2. The van der Waals surface area contributed by atoms with Crippen LogP contribution in [0.2, 0.25) is 0 Å². The highest BCUT2D eigenvalue weighted by Gasteiger charge is 2.52. The highest BCUT2D eigenvalue weighted by Crippen LogP contribution is 2.55. The standard InChI is InChI=1S/C17H23F3N2O2/c18-17(19,20)9-22-8-13(4-14(22)23)15(24)21-16-5-10-1-11(6-16)3-12(2-10)7-16/h10-13H,1-9H2,(H,21,24). The molecule has 0 spiro atoms. The van der Waals surface area contributed by atoms with Crippen molar-refractivity contribution >= 4 is 11.8 Å². The molecule has 24 heavy (non-hydrogen) atoms. The largest absolute Gasteiger partial charge is 0.406 e. The lowest BCUT2D eigenvalue weighted by Crippen LogP contribution is -2.60. The highest BCUT2D eigenvalue weighted by molar-refractivity contribution is 5.89. The predicted molar refractivity (Wildman–Crippen MR) is 79.8 cm³/mol. The number of nitrogens with zero attached hydrogens (tertiary/aromatic N) is 1. The van der Waals surface area contributed by atoms with Gasteiger partial charge in [0.05, 0.1) is 5.92 Å². The molecule has 4 nitrogen and oxygen atoms in total. The van der Waals surface area contributed by atoms with Gasteiger partial charge in [0.15, 0.2) is 0 Å². The average molecular weight is 344 g/mol. The third-order valence-corrected chi connectivity index (χ3v) is 6.38. The summed E-state index contributed by atoms with van der Waals surface area (Å²) in [6, 6.07) is 0. The zero-order valence-electron chi connectivity index (χ0n) is 13.6. The molecule has 0 radical (unpaired) electrons. The lowest BCUT2D eigenvalue weighted by atomic mass is 9.53. The SMILES string of the molecule is O=C(NC12CC3CC(CC(C3)C1)C2)C1CC(=O)N(CC(F)(F)F)C1. The van der Waals surface area contributed by atoms with Gasteiger partial charge in [-0.2, -0.15) is 13.2 Å². The molecule has 1 aliphatic heterocycles. The van der Waals surface area contributed by atoms with E-state index in [1.807, 2.05) is 0 Å². The number of carbonyl (C=O) groups excluding carboxylic acids is 2. The Hall–Kier alpha value is -1.27. The maximum atomic E-state index is 12.6. The Morgan fingerprint density at radius 3 is 2.17 bits per heavy atom. The van der Waals surface area contributed by atoms with Gasteiger partial charge < -0.3 is 10.2 Å². The quantitative estimate of drug-likeness (QED) is 0.855. The fourth-order valence-electron chi connectivity index (χ4n) is 5.94. The lowest BCUT2D eigenvalue weighted by molar-refractivity contribution is -0.157. The topological polar surface area (TPSA) is 49.4 Å². The molecular weight excluding hydrogens is 321 g/mol. The lowest BCUT2D eigenvalue weighted by Gasteiger charge is -2.57. The first-order chi connectivity index (χ1) is 11.2. The molecule has 0 aromatic carbocycles. The van der Waals surface area contributed by atoms with Crippen molar-refractivity contribution in [2.75, 3.05) is 13.1 Å². The Morgan fingerprint density at radius 2 is 1.67 bits per heavy atom. The molecule has 1 N–H and O–H groups in total. The maximum Gasteiger partial charge on any atom is 0.406 e. The number of hydrogen-bond acceptors (Lipinski definition) is 2. The van der Waals surface area contributed by atoms with Gasteiger partial charge in [0.2, 0.25) is 11.8 Å². The first-order valence-corrected chi connectivity index (χ1v) is 8.88. The van der Waals surface area contributed by atoms with Crippen LogP contribution in [0.15, 0.2) is 0 Å². The summed E-state index contributed by atoms with van der Waals surface area (Å²) in [5.74, 6) is 0.608. The van der Waals surface area contributed by atoms with Gasteiger partial charge in [-0.15, -0.1) is 0 Å². The van der Waals surface area contributed by atoms with E-state index in [4.69, 9.17) is 0 Å². The number of amides is 2. The van der Waals surface area contributed by atoms with Crippen LogP contribution in [-0.2, 0) is 9.59 Å². The van der Waals surface area contributed by atoms with Crippen LogP contribution in [-0.4, -0.2) is 41.5 Å². The Bertz CT molecular complexity index is 525. The van der Waals surface area contributed by atoms with Crippen molar-refractivity contribution in [3.8, 4) is 0 Å². The molecule has 1 atom stereocenters. The number of halogens is 3. The Balaban J connectivity index is 1.39. The number of alkyl halides is 3. The second kappa shape index (κ2) is 5.36. The van der Waals surface area contributed by atoms with Crippen LogP contribution in [0.4, 0.5) is 13.2 Å². The molecule has 1 heterocycles. The van der Waals surface area contributed by atoms with Crippen LogP contribution in [0, 0.1) is 23.7 Å². The van der Waals surface area contributed by atoms with Crippen LogP contribution >= 0.6 is 0 Å². The van der Waals surface area contributed by atoms with Crippen molar-refractivity contribution in [1.29, 1.82) is 0 Å². The monoisotopic (exact) mass is 344 g/mol. The average Bonchev–Trinajstić information content (AvgIpc) is 2.76. The summed E-state index contributed by atoms with van der Waals surface area (Å²) < 4.78 is 37.5. The fourth-order valence-corrected chi connectivity index (χ4v) is 5.94. The zero-order valence-corrected chi connectivity index (χ0v) is 13.6. The van der Waals surface area contributed by atoms with Crippen LogP contribution in [0.5, 0.6) is 0 Å². The van der Waals surface area contributed by atoms with Crippen molar-refractivity contribution in [1.82, 2.24) is 10.2 Å². The van der Waals surface area contributed by atoms with Crippen molar-refractivity contribution in [3.05, 3.63) is 0 Å². The van der Waals surface area contributed by atoms with Crippen LogP contribution in [0.3, 0.4) is 0 Å². The van der Waals surface area contributed by atoms with Crippen LogP contribution in [0.25, 0.3) is 0 Å². The summed E-state index contributed by atoms with van der Waals surface area (Å²) in [5, 5.41) is 3.17. The van der Waals surface area contributed by atoms with E-state index in [1.54, 1.807) is 0 Å². The van der Waals surface area contributed by atoms with Gasteiger partial charge in [-0.25, -0.2) is 0 Å². The second-order valence-corrected chi connectivity index (χ2v) is 8.48. The third-order valence-electron chi connectivity index (χ3n) is 6.38. The molecule has 1 saturated heterocycles. The van der Waals surface area contributed by atoms with E-state index in [0.717, 1.165) is 24.2 Å². The van der Waals surface area contributed by atoms with Crippen molar-refractivity contribution in [2.24, 2.45) is 23.7 Å². The van der Waals surface area contributed by atoms with Crippen LogP contribution in [0.1, 0.15) is 44.9 Å². The van der Waals surface area contributed by atoms with E-state index in [2.05, 4.69) is 5.32 Å². The van der Waals surface area contributed by atoms with E-state index < -0.39 is 24.5 Å². The molecule has 1 unspecified atom stereocenters. The van der Waals surface area contributed by atoms with Gasteiger partial charge in [0.1, 0.15) is 6.54 Å². The molecule has 2 amide bonds. The van der Waals surface area contributed by atoms with Crippen molar-refractivity contribution in [2.45, 2.75) is 56.7 Å². The number of likely N-dealkylation sites (tertiary alicyclic amines) is 1. The van der Waals surface area contributed by atoms with E-state index >= 15 is 0 Å². The van der Waals surface area contributed by atoms with Gasteiger partial charge >= 0.3 is 6.18 Å². The first-order valence-electron chi connectivity index (χ1n) is 8.88. The molecule has 134 valence electrons. The summed E-state index contributed by atoms with van der Waals surface area (Å²) in [4.78, 5) is 25.2. The minimum Gasteiger partial charge on any atom is -0.350 e. The van der Waals surface area contributed by atoms with Gasteiger partial charge in [0.25, 0.3) is 0 Å². The summed E-state index contributed by atoms with van der Waals surface area (Å²) in [6.07, 6.45) is 2.26. The predicted octanol–water partition coefficient (Wildman–Crippen LogP) is 2.48. The van der Waals surface area contributed by atoms with Gasteiger partial charge in [-0.05, 0) is 56.3 Å². The van der Waals surface area contributed by atoms with Crippen molar-refractivity contribution < 1.29 is 22.8 Å². The maximum absolute atomic E-state index is 12.6. The Kier molecular flexibility index (Phi) is 3.62. The van der Waals surface area contributed by atoms with Crippen LogP contribution < -0.4 is 5.32 Å². The van der Waals surface area contributed by atoms with E-state index in [-0.39, 0.29) is 24.4 Å². The summed E-state index contributed by atoms with van der Waals surface area (Å²) in [7, 11) is 0. The van der Waals surface area contributed by atoms with E-state index in [1.165, 1.54) is 19.3 Å². The molecule has 4 saturated carbocycles. The molecule has 4 aliphatic carbocycles. The zero-order chi connectivity index (χ0) is 17.1. The summed E-state index contributed by atoms with van der Waals surface area (Å²) in [6.45, 7) is -1.37. The number of rotatable bonds is 3. The third kappa shape index (κ3) is 3.02. The minimum absolute atomic E-state index is 0.103. The van der Waals surface area contributed by atoms with Crippen molar-refractivity contribution in [3.63, 3.8) is 0 Å². The molecule has 5 fully saturated rings. The molecule has 0 aromatic rings. The van der Waals surface area contributed by atoms with Gasteiger partial charge in [-0.1, -0.05) is 0 Å². The summed E-state index contributed by atoms with van der Waals surface area (Å²) >= 11 is 0. The second-order valence-electron chi connectivity index (χ2n) is 8.48. The Morgan fingerprint density at radius 1 is 1.12 bits per heavy atom. The van der Waals surface area contributed by atoms with Gasteiger partial charge in [-0.3, -0.25) is 9.59 Å². The molecule has 5 rings (SSSR count). The minimum atomic E-state index is -4.42. The molecule has 4 bridgehead atoms. The van der Waals surface area contributed by atoms with E-state index in [9.17, 15) is 22.8 Å². The smallest absolute Gasteiger partial charge is 0.350 e. The van der Waals surface area contributed by atoms with Gasteiger partial charge in [0, 0.05) is 18.5 Å². The Labute approximate surface area is 139 Å². The van der Waals surface area contributed by atoms with E-state index in [0.29, 0.717) is 17.8 Å². The summed E-state index contributed by atoms with van der Waals surface area (Å²) in [5.41, 5.74) is -0.160.